The van der Waals surface area contributed by atoms with Crippen molar-refractivity contribution in [3.05, 3.63) is 24.3 Å². The highest BCUT2D eigenvalue weighted by molar-refractivity contribution is 5.87. The number of rotatable bonds is 3. The Hall–Kier alpha value is -1.84. The molecule has 3 fully saturated rings. The maximum absolute atomic E-state index is 12.9. The Bertz CT molecular complexity index is 790. The minimum atomic E-state index is -0.691. The zero-order valence-corrected chi connectivity index (χ0v) is 16.9. The number of para-hydroxylation sites is 2. The largest absolute Gasteiger partial charge is 0.449 e. The van der Waals surface area contributed by atoms with Crippen molar-refractivity contribution in [2.45, 2.75) is 71.0 Å². The highest BCUT2D eigenvalue weighted by atomic mass is 16.7. The average molecular weight is 383 g/mol. The van der Waals surface area contributed by atoms with Gasteiger partial charge in [0.1, 0.15) is 11.6 Å². The Labute approximate surface area is 167 Å². The molecule has 28 heavy (non-hydrogen) atoms. The SMILES string of the molecule is CC1(CC[C@H]2C(=O)CC[C@@H]3[C@@H]2CC[C@]2(C)C(=O)CC[C@@H]32)Oc2ccccc2O1. The standard InChI is InChI=1S/C24H30O4/c1-23-13-11-15-16(18(23)8-10-22(23)26)7-9-19(25)17(15)12-14-24(2)27-20-5-3-4-6-21(20)28-24/h3-6,15-18H,7-14H2,1-2H3/t15-,16+,17+,18-,23-/m0/s1. The summed E-state index contributed by atoms with van der Waals surface area (Å²) in [4.78, 5) is 25.4. The predicted octanol–water partition coefficient (Wildman–Crippen LogP) is 4.94. The third-order valence-electron chi connectivity index (χ3n) is 8.27. The number of ether oxygens (including phenoxy) is 2. The first kappa shape index (κ1) is 18.2. The molecule has 0 spiro atoms. The quantitative estimate of drug-likeness (QED) is 0.743. The first-order valence-corrected chi connectivity index (χ1v) is 10.9. The summed E-state index contributed by atoms with van der Waals surface area (Å²) in [5.74, 6) is 3.28. The summed E-state index contributed by atoms with van der Waals surface area (Å²) in [5.41, 5.74) is -0.128. The van der Waals surface area contributed by atoms with Gasteiger partial charge in [0, 0.05) is 37.5 Å². The monoisotopic (exact) mass is 382 g/mol. The fourth-order valence-electron chi connectivity index (χ4n) is 6.74. The molecule has 1 aromatic carbocycles. The first-order chi connectivity index (χ1) is 13.4. The topological polar surface area (TPSA) is 52.6 Å². The first-order valence-electron chi connectivity index (χ1n) is 10.9. The lowest BCUT2D eigenvalue weighted by Crippen LogP contribution is -2.48. The van der Waals surface area contributed by atoms with Crippen molar-refractivity contribution in [2.24, 2.45) is 29.1 Å². The molecule has 150 valence electrons. The maximum Gasteiger partial charge on any atom is 0.248 e. The van der Waals surface area contributed by atoms with Gasteiger partial charge in [0.05, 0.1) is 0 Å². The van der Waals surface area contributed by atoms with Gasteiger partial charge in [-0.25, -0.2) is 0 Å². The molecular weight excluding hydrogens is 352 g/mol. The average Bonchev–Trinajstić information content (AvgIpc) is 3.17. The van der Waals surface area contributed by atoms with Crippen molar-refractivity contribution < 1.29 is 19.1 Å². The van der Waals surface area contributed by atoms with Gasteiger partial charge in [-0.1, -0.05) is 19.1 Å². The van der Waals surface area contributed by atoms with Crippen LogP contribution in [0.4, 0.5) is 0 Å². The molecule has 0 saturated heterocycles. The molecular formula is C24H30O4. The fourth-order valence-corrected chi connectivity index (χ4v) is 6.74. The van der Waals surface area contributed by atoms with Crippen molar-refractivity contribution in [2.75, 3.05) is 0 Å². The minimum Gasteiger partial charge on any atom is -0.449 e. The number of fused-ring (bicyclic) bond motifs is 4. The summed E-state index contributed by atoms with van der Waals surface area (Å²) < 4.78 is 12.2. The van der Waals surface area contributed by atoms with Gasteiger partial charge in [-0.3, -0.25) is 9.59 Å². The number of ketones is 2. The van der Waals surface area contributed by atoms with Crippen LogP contribution in [0.25, 0.3) is 0 Å². The zero-order chi connectivity index (χ0) is 19.5. The predicted molar refractivity (Wildman–Crippen MR) is 105 cm³/mol. The van der Waals surface area contributed by atoms with Crippen LogP contribution in [0.5, 0.6) is 11.5 Å². The molecule has 3 saturated carbocycles. The van der Waals surface area contributed by atoms with Gasteiger partial charge >= 0.3 is 0 Å². The lowest BCUT2D eigenvalue weighted by Gasteiger charge is -2.50. The van der Waals surface area contributed by atoms with Crippen molar-refractivity contribution in [1.29, 1.82) is 0 Å². The minimum absolute atomic E-state index is 0.0896. The molecule has 0 amide bonds. The van der Waals surface area contributed by atoms with Crippen LogP contribution in [-0.2, 0) is 9.59 Å². The van der Waals surface area contributed by atoms with Gasteiger partial charge < -0.3 is 9.47 Å². The van der Waals surface area contributed by atoms with E-state index in [0.29, 0.717) is 42.2 Å². The van der Waals surface area contributed by atoms with E-state index < -0.39 is 5.79 Å². The molecule has 4 nitrogen and oxygen atoms in total. The number of benzene rings is 1. The molecule has 4 heteroatoms. The van der Waals surface area contributed by atoms with E-state index in [0.717, 1.165) is 50.0 Å². The van der Waals surface area contributed by atoms with Crippen molar-refractivity contribution >= 4 is 11.6 Å². The Morgan fingerprint density at radius 2 is 1.68 bits per heavy atom. The Morgan fingerprint density at radius 1 is 0.964 bits per heavy atom. The number of carbonyl (C=O) groups excluding carboxylic acids is 2. The van der Waals surface area contributed by atoms with E-state index in [2.05, 4.69) is 6.92 Å². The summed E-state index contributed by atoms with van der Waals surface area (Å²) in [5, 5.41) is 0. The second kappa shape index (κ2) is 6.33. The molecule has 3 aliphatic carbocycles. The van der Waals surface area contributed by atoms with Crippen LogP contribution < -0.4 is 9.47 Å². The van der Waals surface area contributed by atoms with Crippen LogP contribution in [0, 0.1) is 29.1 Å². The van der Waals surface area contributed by atoms with Gasteiger partial charge in [0.25, 0.3) is 0 Å². The third kappa shape index (κ3) is 2.71. The molecule has 1 aliphatic heterocycles. The van der Waals surface area contributed by atoms with Crippen molar-refractivity contribution in [3.63, 3.8) is 0 Å². The highest BCUT2D eigenvalue weighted by Gasteiger charge is 2.56. The Balaban J connectivity index is 1.30. The molecule has 5 atom stereocenters. The van der Waals surface area contributed by atoms with E-state index in [-0.39, 0.29) is 11.3 Å². The highest BCUT2D eigenvalue weighted by Crippen LogP contribution is 2.59. The van der Waals surface area contributed by atoms with Gasteiger partial charge in [0.2, 0.25) is 5.79 Å². The van der Waals surface area contributed by atoms with Crippen LogP contribution in [0.1, 0.15) is 65.2 Å². The summed E-state index contributed by atoms with van der Waals surface area (Å²) in [6.45, 7) is 4.17. The Kier molecular flexibility index (Phi) is 4.12. The molecule has 0 radical (unpaired) electrons. The van der Waals surface area contributed by atoms with Crippen LogP contribution in [0.15, 0.2) is 24.3 Å². The second-order valence-corrected chi connectivity index (χ2v) is 9.79. The number of hydrogen-bond acceptors (Lipinski definition) is 4. The second-order valence-electron chi connectivity index (χ2n) is 9.79. The third-order valence-corrected chi connectivity index (χ3v) is 8.27. The van der Waals surface area contributed by atoms with E-state index in [9.17, 15) is 9.59 Å². The summed E-state index contributed by atoms with van der Waals surface area (Å²) >= 11 is 0. The van der Waals surface area contributed by atoms with Crippen molar-refractivity contribution in [1.82, 2.24) is 0 Å². The van der Waals surface area contributed by atoms with Crippen LogP contribution in [0.3, 0.4) is 0 Å². The van der Waals surface area contributed by atoms with Crippen LogP contribution in [-0.4, -0.2) is 17.4 Å². The molecule has 1 heterocycles. The zero-order valence-electron chi connectivity index (χ0n) is 16.9. The molecule has 1 aromatic rings. The number of carbonyl (C=O) groups is 2. The molecule has 0 unspecified atom stereocenters. The lowest BCUT2D eigenvalue weighted by molar-refractivity contribution is -0.139. The van der Waals surface area contributed by atoms with Crippen LogP contribution in [0.2, 0.25) is 0 Å². The van der Waals surface area contributed by atoms with Gasteiger partial charge in [-0.2, -0.15) is 0 Å². The van der Waals surface area contributed by atoms with E-state index >= 15 is 0 Å². The van der Waals surface area contributed by atoms with E-state index in [1.807, 2.05) is 31.2 Å². The molecule has 5 rings (SSSR count). The van der Waals surface area contributed by atoms with E-state index in [1.165, 1.54) is 0 Å². The maximum atomic E-state index is 12.9. The van der Waals surface area contributed by atoms with E-state index in [4.69, 9.17) is 9.47 Å². The fraction of sp³-hybridized carbons (Fsp3) is 0.667. The van der Waals surface area contributed by atoms with E-state index in [1.54, 1.807) is 0 Å². The molecule has 0 aromatic heterocycles. The van der Waals surface area contributed by atoms with Crippen molar-refractivity contribution in [3.8, 4) is 11.5 Å². The normalized spacial score (nSPS) is 38.2. The molecule has 0 N–H and O–H groups in total. The van der Waals surface area contributed by atoms with Gasteiger partial charge in [-0.15, -0.1) is 0 Å². The summed E-state index contributed by atoms with van der Waals surface area (Å²) in [6, 6.07) is 7.76. The summed E-state index contributed by atoms with van der Waals surface area (Å²) in [7, 11) is 0. The van der Waals surface area contributed by atoms with Gasteiger partial charge in [0.15, 0.2) is 11.5 Å². The smallest absolute Gasteiger partial charge is 0.248 e. The van der Waals surface area contributed by atoms with Crippen LogP contribution >= 0.6 is 0 Å². The summed E-state index contributed by atoms with van der Waals surface area (Å²) in [6.07, 6.45) is 6.89. The lowest BCUT2D eigenvalue weighted by atomic mass is 9.53. The number of hydrogen-bond donors (Lipinski definition) is 0. The number of Topliss-reactive ketones (excluding diaryl/α,β-unsaturated/α-hetero) is 2. The Morgan fingerprint density at radius 3 is 2.39 bits per heavy atom. The molecule has 4 aliphatic rings. The van der Waals surface area contributed by atoms with Gasteiger partial charge in [-0.05, 0) is 62.0 Å². The molecule has 0 bridgehead atoms.